The predicted octanol–water partition coefficient (Wildman–Crippen LogP) is 3.03. The first-order valence-corrected chi connectivity index (χ1v) is 7.73. The number of nitrogens with zero attached hydrogens (tertiary/aromatic N) is 3. The van der Waals surface area contributed by atoms with E-state index in [9.17, 15) is 9.18 Å². The van der Waals surface area contributed by atoms with Gasteiger partial charge in [-0.05, 0) is 36.8 Å². The lowest BCUT2D eigenvalue weighted by Gasteiger charge is -2.24. The van der Waals surface area contributed by atoms with Crippen molar-refractivity contribution in [2.75, 3.05) is 11.9 Å². The summed E-state index contributed by atoms with van der Waals surface area (Å²) in [4.78, 5) is 16.8. The van der Waals surface area contributed by atoms with Crippen LogP contribution in [0.15, 0.2) is 36.5 Å². The molecule has 0 fully saturated rings. The molecule has 3 aromatic rings. The maximum absolute atomic E-state index is 13.2. The quantitative estimate of drug-likeness (QED) is 0.774. The molecule has 1 unspecified atom stereocenters. The summed E-state index contributed by atoms with van der Waals surface area (Å²) in [5, 5.41) is 7.28. The van der Waals surface area contributed by atoms with Crippen LogP contribution in [-0.4, -0.2) is 27.1 Å². The van der Waals surface area contributed by atoms with Crippen LogP contribution in [-0.2, 0) is 4.79 Å². The van der Waals surface area contributed by atoms with E-state index in [0.717, 1.165) is 5.56 Å². The van der Waals surface area contributed by atoms with Crippen LogP contribution in [0.2, 0.25) is 5.02 Å². The van der Waals surface area contributed by atoms with E-state index in [1.807, 2.05) is 0 Å². The Labute approximate surface area is 141 Å². The van der Waals surface area contributed by atoms with Crippen LogP contribution < -0.4 is 10.1 Å². The zero-order chi connectivity index (χ0) is 16.7. The van der Waals surface area contributed by atoms with Gasteiger partial charge in [-0.15, -0.1) is 5.10 Å². The molecular weight excluding hydrogens is 335 g/mol. The van der Waals surface area contributed by atoms with Crippen molar-refractivity contribution >= 4 is 29.1 Å². The van der Waals surface area contributed by atoms with Gasteiger partial charge in [0.1, 0.15) is 11.6 Å². The number of carbonyl (C=O) groups excluding carboxylic acids is 1. The molecule has 1 amide bonds. The molecule has 0 aliphatic carbocycles. The van der Waals surface area contributed by atoms with Gasteiger partial charge < -0.3 is 4.74 Å². The van der Waals surface area contributed by atoms with Gasteiger partial charge in [0.15, 0.2) is 5.65 Å². The molecule has 1 atom stereocenters. The number of hydrogen-bond donors (Lipinski definition) is 1. The summed E-state index contributed by atoms with van der Waals surface area (Å²) in [5.74, 6) is -0.316. The van der Waals surface area contributed by atoms with Gasteiger partial charge in [-0.1, -0.05) is 11.6 Å². The Hall–Kier alpha value is -2.67. The summed E-state index contributed by atoms with van der Waals surface area (Å²) < 4.78 is 20.0. The average molecular weight is 347 g/mol. The molecule has 6 nitrogen and oxygen atoms in total. The van der Waals surface area contributed by atoms with Gasteiger partial charge in [0, 0.05) is 10.6 Å². The van der Waals surface area contributed by atoms with E-state index in [2.05, 4.69) is 15.4 Å². The highest BCUT2D eigenvalue weighted by atomic mass is 35.5. The van der Waals surface area contributed by atoms with Crippen LogP contribution in [0, 0.1) is 5.82 Å². The van der Waals surface area contributed by atoms with Gasteiger partial charge in [0.2, 0.25) is 11.9 Å². The van der Waals surface area contributed by atoms with Gasteiger partial charge in [-0.2, -0.15) is 4.98 Å². The predicted molar refractivity (Wildman–Crippen MR) is 85.9 cm³/mol. The molecule has 4 rings (SSSR count). The molecule has 1 aromatic carbocycles. The average Bonchev–Trinajstić information content (AvgIpc) is 2.95. The maximum Gasteiger partial charge on any atom is 0.249 e. The third kappa shape index (κ3) is 2.67. The SMILES string of the molecule is O=C(Nc1nc2ccc(F)cn2n1)C1CCOc2ccc(Cl)cc21. The third-order valence-corrected chi connectivity index (χ3v) is 4.09. The lowest BCUT2D eigenvalue weighted by atomic mass is 9.92. The second-order valence-corrected chi connectivity index (χ2v) is 5.88. The second-order valence-electron chi connectivity index (χ2n) is 5.45. The zero-order valence-electron chi connectivity index (χ0n) is 12.4. The Morgan fingerprint density at radius 2 is 2.25 bits per heavy atom. The molecule has 3 heterocycles. The highest BCUT2D eigenvalue weighted by molar-refractivity contribution is 6.30. The number of aromatic nitrogens is 3. The van der Waals surface area contributed by atoms with Crippen LogP contribution in [0.3, 0.4) is 0 Å². The van der Waals surface area contributed by atoms with Crippen LogP contribution >= 0.6 is 11.6 Å². The lowest BCUT2D eigenvalue weighted by Crippen LogP contribution is -2.27. The molecule has 1 aliphatic rings. The van der Waals surface area contributed by atoms with Crippen LogP contribution in [0.25, 0.3) is 5.65 Å². The third-order valence-electron chi connectivity index (χ3n) is 3.86. The van der Waals surface area contributed by atoms with Crippen molar-refractivity contribution in [3.8, 4) is 5.75 Å². The summed E-state index contributed by atoms with van der Waals surface area (Å²) in [6.45, 7) is 0.441. The zero-order valence-corrected chi connectivity index (χ0v) is 13.1. The molecule has 24 heavy (non-hydrogen) atoms. The van der Waals surface area contributed by atoms with E-state index in [-0.39, 0.29) is 11.9 Å². The molecule has 1 N–H and O–H groups in total. The number of nitrogens with one attached hydrogen (secondary N) is 1. The summed E-state index contributed by atoms with van der Waals surface area (Å²) in [7, 11) is 0. The number of fused-ring (bicyclic) bond motifs is 2. The standard InChI is InChI=1S/C16H12ClFN4O2/c17-9-1-3-13-12(7-9)11(5-6-24-13)15(23)20-16-19-14-4-2-10(18)8-22(14)21-16/h1-4,7-8,11H,5-6H2,(H,20,21,23). The number of hydrogen-bond acceptors (Lipinski definition) is 4. The molecule has 122 valence electrons. The summed E-state index contributed by atoms with van der Waals surface area (Å²) in [6, 6.07) is 7.97. The van der Waals surface area contributed by atoms with Crippen molar-refractivity contribution in [1.82, 2.24) is 14.6 Å². The molecule has 1 aliphatic heterocycles. The van der Waals surface area contributed by atoms with Crippen molar-refractivity contribution in [2.24, 2.45) is 0 Å². The largest absolute Gasteiger partial charge is 0.493 e. The van der Waals surface area contributed by atoms with E-state index < -0.39 is 11.7 Å². The minimum Gasteiger partial charge on any atom is -0.493 e. The van der Waals surface area contributed by atoms with E-state index in [1.165, 1.54) is 22.8 Å². The Kier molecular flexibility index (Phi) is 3.57. The molecule has 0 bridgehead atoms. The fourth-order valence-electron chi connectivity index (χ4n) is 2.75. The highest BCUT2D eigenvalue weighted by Gasteiger charge is 2.28. The maximum atomic E-state index is 13.2. The molecule has 0 saturated carbocycles. The Balaban J connectivity index is 1.61. The number of benzene rings is 1. The Morgan fingerprint density at radius 3 is 3.12 bits per heavy atom. The first kappa shape index (κ1) is 14.9. The van der Waals surface area contributed by atoms with Gasteiger partial charge in [0.05, 0.1) is 18.7 Å². The minimum absolute atomic E-state index is 0.126. The van der Waals surface area contributed by atoms with Gasteiger partial charge in [-0.25, -0.2) is 8.91 Å². The van der Waals surface area contributed by atoms with Crippen molar-refractivity contribution in [3.63, 3.8) is 0 Å². The fraction of sp³-hybridized carbons (Fsp3) is 0.188. The first-order chi connectivity index (χ1) is 11.6. The summed E-state index contributed by atoms with van der Waals surface area (Å²) >= 11 is 6.02. The normalized spacial score (nSPS) is 16.5. The van der Waals surface area contributed by atoms with E-state index in [0.29, 0.717) is 29.4 Å². The Morgan fingerprint density at radius 1 is 1.38 bits per heavy atom. The Bertz CT molecular complexity index is 943. The monoisotopic (exact) mass is 346 g/mol. The van der Waals surface area contributed by atoms with Crippen molar-refractivity contribution in [1.29, 1.82) is 0 Å². The van der Waals surface area contributed by atoms with Crippen molar-refractivity contribution in [3.05, 3.63) is 52.9 Å². The summed E-state index contributed by atoms with van der Waals surface area (Å²) in [5.41, 5.74) is 1.18. The second kappa shape index (κ2) is 5.76. The van der Waals surface area contributed by atoms with Crippen LogP contribution in [0.5, 0.6) is 5.75 Å². The smallest absolute Gasteiger partial charge is 0.249 e. The number of anilines is 1. The minimum atomic E-state index is -0.432. The number of pyridine rings is 1. The number of rotatable bonds is 2. The number of halogens is 2. The molecule has 0 saturated heterocycles. The number of ether oxygens (including phenoxy) is 1. The fourth-order valence-corrected chi connectivity index (χ4v) is 2.93. The molecule has 0 spiro atoms. The van der Waals surface area contributed by atoms with Gasteiger partial charge in [0.25, 0.3) is 0 Å². The highest BCUT2D eigenvalue weighted by Crippen LogP contribution is 2.36. The topological polar surface area (TPSA) is 68.5 Å². The van der Waals surface area contributed by atoms with E-state index in [1.54, 1.807) is 18.2 Å². The molecule has 2 aromatic heterocycles. The molecule has 0 radical (unpaired) electrons. The lowest BCUT2D eigenvalue weighted by molar-refractivity contribution is -0.118. The number of carbonyl (C=O) groups is 1. The molecular formula is C16H12ClFN4O2. The first-order valence-electron chi connectivity index (χ1n) is 7.35. The van der Waals surface area contributed by atoms with E-state index >= 15 is 0 Å². The molecule has 8 heteroatoms. The summed E-state index contributed by atoms with van der Waals surface area (Å²) in [6.07, 6.45) is 1.72. The van der Waals surface area contributed by atoms with Crippen LogP contribution in [0.4, 0.5) is 10.3 Å². The number of amides is 1. The van der Waals surface area contributed by atoms with Crippen LogP contribution in [0.1, 0.15) is 17.9 Å². The van der Waals surface area contributed by atoms with Gasteiger partial charge >= 0.3 is 0 Å². The van der Waals surface area contributed by atoms with E-state index in [4.69, 9.17) is 16.3 Å². The van der Waals surface area contributed by atoms with Crippen molar-refractivity contribution < 1.29 is 13.9 Å². The van der Waals surface area contributed by atoms with Crippen molar-refractivity contribution in [2.45, 2.75) is 12.3 Å². The van der Waals surface area contributed by atoms with Gasteiger partial charge in [-0.3, -0.25) is 10.1 Å².